The largest absolute Gasteiger partial charge is 0.371 e. The zero-order chi connectivity index (χ0) is 13.9. The molecule has 1 atom stereocenters. The fourth-order valence-corrected chi connectivity index (χ4v) is 3.10. The van der Waals surface area contributed by atoms with Crippen LogP contribution in [0.15, 0.2) is 48.5 Å². The van der Waals surface area contributed by atoms with Gasteiger partial charge in [0.05, 0.1) is 0 Å². The SMILES string of the molecule is Cc1cc(N2CCC(c3ccccc3)C2)ccc1CN. The summed E-state index contributed by atoms with van der Waals surface area (Å²) in [6.45, 7) is 5.03. The molecule has 2 nitrogen and oxygen atoms in total. The van der Waals surface area contributed by atoms with Crippen molar-refractivity contribution in [2.45, 2.75) is 25.8 Å². The second-order valence-electron chi connectivity index (χ2n) is 5.66. The quantitative estimate of drug-likeness (QED) is 0.922. The Balaban J connectivity index is 1.76. The fourth-order valence-electron chi connectivity index (χ4n) is 3.10. The summed E-state index contributed by atoms with van der Waals surface area (Å²) in [7, 11) is 0. The molecule has 1 aliphatic heterocycles. The van der Waals surface area contributed by atoms with Crippen LogP contribution in [0.2, 0.25) is 0 Å². The summed E-state index contributed by atoms with van der Waals surface area (Å²) in [6, 6.07) is 17.5. The molecule has 2 heteroatoms. The third-order valence-corrected chi connectivity index (χ3v) is 4.37. The predicted molar refractivity (Wildman–Crippen MR) is 85.1 cm³/mol. The number of nitrogens with zero attached hydrogens (tertiary/aromatic N) is 1. The van der Waals surface area contributed by atoms with Gasteiger partial charge in [0.25, 0.3) is 0 Å². The van der Waals surface area contributed by atoms with Crippen molar-refractivity contribution in [3.63, 3.8) is 0 Å². The highest BCUT2D eigenvalue weighted by Gasteiger charge is 2.23. The molecule has 2 aromatic rings. The highest BCUT2D eigenvalue weighted by atomic mass is 15.1. The van der Waals surface area contributed by atoms with Crippen LogP contribution in [0.4, 0.5) is 5.69 Å². The molecular formula is C18H22N2. The normalized spacial score (nSPS) is 18.5. The van der Waals surface area contributed by atoms with Gasteiger partial charge in [0.15, 0.2) is 0 Å². The molecule has 1 aliphatic rings. The molecule has 1 unspecified atom stereocenters. The second-order valence-corrected chi connectivity index (χ2v) is 5.66. The van der Waals surface area contributed by atoms with E-state index in [0.717, 1.165) is 13.1 Å². The zero-order valence-electron chi connectivity index (χ0n) is 12.0. The van der Waals surface area contributed by atoms with Gasteiger partial charge in [-0.3, -0.25) is 0 Å². The van der Waals surface area contributed by atoms with E-state index in [-0.39, 0.29) is 0 Å². The third-order valence-electron chi connectivity index (χ3n) is 4.37. The van der Waals surface area contributed by atoms with Gasteiger partial charge in [-0.25, -0.2) is 0 Å². The number of anilines is 1. The maximum atomic E-state index is 5.74. The van der Waals surface area contributed by atoms with Gasteiger partial charge in [0.2, 0.25) is 0 Å². The molecule has 0 radical (unpaired) electrons. The first-order chi connectivity index (χ1) is 9.78. The van der Waals surface area contributed by atoms with Crippen LogP contribution < -0.4 is 10.6 Å². The molecule has 2 N–H and O–H groups in total. The van der Waals surface area contributed by atoms with Gasteiger partial charge < -0.3 is 10.6 Å². The maximum absolute atomic E-state index is 5.74. The molecule has 1 heterocycles. The van der Waals surface area contributed by atoms with E-state index in [1.807, 2.05) is 0 Å². The van der Waals surface area contributed by atoms with E-state index in [1.54, 1.807) is 0 Å². The zero-order valence-corrected chi connectivity index (χ0v) is 12.0. The minimum atomic E-state index is 0.624. The molecule has 104 valence electrons. The average Bonchev–Trinajstić information content (AvgIpc) is 2.98. The van der Waals surface area contributed by atoms with Crippen LogP contribution in [-0.2, 0) is 6.54 Å². The lowest BCUT2D eigenvalue weighted by Crippen LogP contribution is -2.19. The first-order valence-electron chi connectivity index (χ1n) is 7.37. The number of rotatable bonds is 3. The Kier molecular flexibility index (Phi) is 3.75. The lowest BCUT2D eigenvalue weighted by atomic mass is 9.99. The van der Waals surface area contributed by atoms with Crippen LogP contribution >= 0.6 is 0 Å². The molecule has 0 aromatic heterocycles. The van der Waals surface area contributed by atoms with Gasteiger partial charge >= 0.3 is 0 Å². The van der Waals surface area contributed by atoms with Crippen LogP contribution in [0, 0.1) is 6.92 Å². The van der Waals surface area contributed by atoms with Crippen molar-refractivity contribution < 1.29 is 0 Å². The van der Waals surface area contributed by atoms with Crippen molar-refractivity contribution >= 4 is 5.69 Å². The Hall–Kier alpha value is -1.80. The molecule has 0 aliphatic carbocycles. The molecule has 0 saturated carbocycles. The topological polar surface area (TPSA) is 29.3 Å². The van der Waals surface area contributed by atoms with E-state index in [4.69, 9.17) is 5.73 Å². The average molecular weight is 266 g/mol. The summed E-state index contributed by atoms with van der Waals surface area (Å²) in [5.74, 6) is 0.658. The lowest BCUT2D eigenvalue weighted by molar-refractivity contribution is 0.775. The van der Waals surface area contributed by atoms with Gasteiger partial charge in [-0.05, 0) is 42.2 Å². The van der Waals surface area contributed by atoms with Gasteiger partial charge in [-0.15, -0.1) is 0 Å². The van der Waals surface area contributed by atoms with Crippen molar-refractivity contribution in [2.24, 2.45) is 5.73 Å². The minimum absolute atomic E-state index is 0.624. The van der Waals surface area contributed by atoms with E-state index in [2.05, 4.69) is 60.4 Å². The van der Waals surface area contributed by atoms with Crippen LogP contribution in [0.5, 0.6) is 0 Å². The van der Waals surface area contributed by atoms with E-state index in [1.165, 1.54) is 28.8 Å². The predicted octanol–water partition coefficient (Wildman–Crippen LogP) is 3.45. The maximum Gasteiger partial charge on any atom is 0.0369 e. The molecular weight excluding hydrogens is 244 g/mol. The van der Waals surface area contributed by atoms with Crippen molar-refractivity contribution in [1.82, 2.24) is 0 Å². The summed E-state index contributed by atoms with van der Waals surface area (Å²) >= 11 is 0. The summed E-state index contributed by atoms with van der Waals surface area (Å²) < 4.78 is 0. The van der Waals surface area contributed by atoms with Gasteiger partial charge in [-0.1, -0.05) is 36.4 Å². The van der Waals surface area contributed by atoms with Crippen molar-refractivity contribution in [1.29, 1.82) is 0 Å². The van der Waals surface area contributed by atoms with Crippen molar-refractivity contribution in [3.05, 3.63) is 65.2 Å². The Labute approximate surface area is 121 Å². The Morgan fingerprint density at radius 2 is 1.95 bits per heavy atom. The Bertz CT molecular complexity index is 577. The van der Waals surface area contributed by atoms with Gasteiger partial charge in [0.1, 0.15) is 0 Å². The molecule has 1 saturated heterocycles. The van der Waals surface area contributed by atoms with E-state index < -0.39 is 0 Å². The Morgan fingerprint density at radius 3 is 2.65 bits per heavy atom. The van der Waals surface area contributed by atoms with Crippen LogP contribution in [0.3, 0.4) is 0 Å². The summed E-state index contributed by atoms with van der Waals surface area (Å²) in [6.07, 6.45) is 1.24. The second kappa shape index (κ2) is 5.68. The monoisotopic (exact) mass is 266 g/mol. The number of nitrogens with two attached hydrogens (primary N) is 1. The Morgan fingerprint density at radius 1 is 1.15 bits per heavy atom. The molecule has 0 amide bonds. The number of hydrogen-bond acceptors (Lipinski definition) is 2. The molecule has 1 fully saturated rings. The van der Waals surface area contributed by atoms with Gasteiger partial charge in [0, 0.05) is 31.2 Å². The van der Waals surface area contributed by atoms with Crippen LogP contribution in [-0.4, -0.2) is 13.1 Å². The minimum Gasteiger partial charge on any atom is -0.371 e. The highest BCUT2D eigenvalue weighted by Crippen LogP contribution is 2.31. The summed E-state index contributed by atoms with van der Waals surface area (Å²) in [5, 5.41) is 0. The molecule has 20 heavy (non-hydrogen) atoms. The summed E-state index contributed by atoms with van der Waals surface area (Å²) in [4.78, 5) is 2.49. The van der Waals surface area contributed by atoms with E-state index in [9.17, 15) is 0 Å². The first kappa shape index (κ1) is 13.2. The third kappa shape index (κ3) is 2.56. The molecule has 2 aromatic carbocycles. The van der Waals surface area contributed by atoms with Crippen LogP contribution in [0.25, 0.3) is 0 Å². The van der Waals surface area contributed by atoms with Crippen LogP contribution in [0.1, 0.15) is 29.0 Å². The molecule has 3 rings (SSSR count). The first-order valence-corrected chi connectivity index (χ1v) is 7.37. The smallest absolute Gasteiger partial charge is 0.0369 e. The van der Waals surface area contributed by atoms with Crippen molar-refractivity contribution in [2.75, 3.05) is 18.0 Å². The number of benzene rings is 2. The standard InChI is InChI=1S/C18H22N2/c1-14-11-18(8-7-16(14)12-19)20-10-9-17(13-20)15-5-3-2-4-6-15/h2-8,11,17H,9-10,12-13,19H2,1H3. The van der Waals surface area contributed by atoms with E-state index >= 15 is 0 Å². The number of hydrogen-bond donors (Lipinski definition) is 1. The lowest BCUT2D eigenvalue weighted by Gasteiger charge is -2.20. The molecule has 0 spiro atoms. The van der Waals surface area contributed by atoms with Gasteiger partial charge in [-0.2, -0.15) is 0 Å². The molecule has 0 bridgehead atoms. The fraction of sp³-hybridized carbons (Fsp3) is 0.333. The van der Waals surface area contributed by atoms with E-state index in [0.29, 0.717) is 12.5 Å². The number of aryl methyl sites for hydroxylation is 1. The summed E-state index contributed by atoms with van der Waals surface area (Å²) in [5.41, 5.74) is 11.1. The van der Waals surface area contributed by atoms with Crippen molar-refractivity contribution in [3.8, 4) is 0 Å². The highest BCUT2D eigenvalue weighted by molar-refractivity contribution is 5.52.